The zero-order valence-corrected chi connectivity index (χ0v) is 17.0. The topological polar surface area (TPSA) is 39.9 Å². The first-order valence-electron chi connectivity index (χ1n) is 7.94. The van der Waals surface area contributed by atoms with Crippen LogP contribution in [-0.2, 0) is 18.9 Å². The Kier molecular flexibility index (Phi) is 6.70. The molecule has 0 aliphatic rings. The van der Waals surface area contributed by atoms with E-state index in [0.29, 0.717) is 27.4 Å². The molecule has 26 heavy (non-hydrogen) atoms. The molecule has 0 aliphatic heterocycles. The fraction of sp³-hybridized carbons (Fsp3) is 0.222. The van der Waals surface area contributed by atoms with E-state index in [4.69, 9.17) is 39.5 Å². The van der Waals surface area contributed by atoms with Gasteiger partial charge >= 0.3 is 0 Å². The molecule has 3 aromatic rings. The molecule has 0 fully saturated rings. The van der Waals surface area contributed by atoms with Gasteiger partial charge in [-0.2, -0.15) is 0 Å². The van der Waals surface area contributed by atoms with Gasteiger partial charge in [-0.3, -0.25) is 0 Å². The molecular formula is C18H16Cl3N3OS. The summed E-state index contributed by atoms with van der Waals surface area (Å²) in [6.45, 7) is 3.10. The Morgan fingerprint density at radius 3 is 2.54 bits per heavy atom. The predicted molar refractivity (Wildman–Crippen MR) is 108 cm³/mol. The lowest BCUT2D eigenvalue weighted by atomic mass is 10.2. The summed E-state index contributed by atoms with van der Waals surface area (Å²) in [6.07, 6.45) is 0. The van der Waals surface area contributed by atoms with Crippen LogP contribution in [0.1, 0.15) is 18.3 Å². The molecule has 8 heteroatoms. The highest BCUT2D eigenvalue weighted by Crippen LogP contribution is 2.28. The predicted octanol–water partition coefficient (Wildman–Crippen LogP) is 6.13. The molecule has 136 valence electrons. The number of para-hydroxylation sites is 1. The van der Waals surface area contributed by atoms with Gasteiger partial charge in [-0.05, 0) is 36.8 Å². The van der Waals surface area contributed by atoms with E-state index in [2.05, 4.69) is 10.2 Å². The second-order valence-electron chi connectivity index (χ2n) is 5.40. The van der Waals surface area contributed by atoms with Crippen molar-refractivity contribution in [3.8, 4) is 5.75 Å². The van der Waals surface area contributed by atoms with Crippen molar-refractivity contribution in [2.45, 2.75) is 31.0 Å². The fourth-order valence-corrected chi connectivity index (χ4v) is 3.81. The zero-order valence-electron chi connectivity index (χ0n) is 14.0. The lowest BCUT2D eigenvalue weighted by Gasteiger charge is -2.10. The number of hydrogen-bond donors (Lipinski definition) is 0. The van der Waals surface area contributed by atoms with Crippen LogP contribution in [0.25, 0.3) is 0 Å². The molecule has 0 radical (unpaired) electrons. The highest BCUT2D eigenvalue weighted by Gasteiger charge is 2.13. The molecule has 0 aliphatic carbocycles. The normalized spacial score (nSPS) is 10.9. The molecule has 0 bridgehead atoms. The van der Waals surface area contributed by atoms with Crippen molar-refractivity contribution in [3.63, 3.8) is 0 Å². The Balaban J connectivity index is 1.67. The minimum Gasteiger partial charge on any atom is -0.484 e. The third-order valence-electron chi connectivity index (χ3n) is 3.66. The van der Waals surface area contributed by atoms with E-state index in [1.54, 1.807) is 23.9 Å². The molecule has 0 amide bonds. The van der Waals surface area contributed by atoms with Gasteiger partial charge in [0.2, 0.25) is 0 Å². The Morgan fingerprint density at radius 2 is 1.81 bits per heavy atom. The quantitative estimate of drug-likeness (QED) is 0.424. The Morgan fingerprint density at radius 1 is 1.00 bits per heavy atom. The largest absolute Gasteiger partial charge is 0.484 e. The number of nitrogens with zero attached hydrogens (tertiary/aromatic N) is 3. The van der Waals surface area contributed by atoms with E-state index < -0.39 is 0 Å². The molecule has 1 heterocycles. The molecule has 0 spiro atoms. The summed E-state index contributed by atoms with van der Waals surface area (Å²) >= 11 is 19.7. The van der Waals surface area contributed by atoms with E-state index >= 15 is 0 Å². The average Bonchev–Trinajstić information content (AvgIpc) is 3.04. The van der Waals surface area contributed by atoms with Crippen molar-refractivity contribution in [1.82, 2.24) is 14.8 Å². The monoisotopic (exact) mass is 427 g/mol. The van der Waals surface area contributed by atoms with Crippen LogP contribution in [0.4, 0.5) is 0 Å². The molecule has 4 nitrogen and oxygen atoms in total. The summed E-state index contributed by atoms with van der Waals surface area (Å²) in [6, 6.07) is 13.0. The van der Waals surface area contributed by atoms with Gasteiger partial charge in [-0.25, -0.2) is 0 Å². The van der Waals surface area contributed by atoms with Crippen molar-refractivity contribution >= 4 is 46.6 Å². The van der Waals surface area contributed by atoms with Gasteiger partial charge < -0.3 is 9.30 Å². The first kappa shape index (κ1) is 19.4. The molecule has 2 aromatic carbocycles. The van der Waals surface area contributed by atoms with Crippen LogP contribution in [0.3, 0.4) is 0 Å². The van der Waals surface area contributed by atoms with Crippen molar-refractivity contribution in [1.29, 1.82) is 0 Å². The molecular weight excluding hydrogens is 413 g/mol. The van der Waals surface area contributed by atoms with Crippen LogP contribution < -0.4 is 4.74 Å². The zero-order chi connectivity index (χ0) is 18.5. The average molecular weight is 429 g/mol. The van der Waals surface area contributed by atoms with E-state index in [9.17, 15) is 0 Å². The standard InChI is InChI=1S/C18H16Cl3N3OS/c1-2-24-17(10-25-16-6-4-3-5-14(16)20)22-23-18(24)26-11-12-7-8-13(19)15(21)9-12/h3-9H,2,10-11H2,1H3. The van der Waals surface area contributed by atoms with Gasteiger partial charge in [0.05, 0.1) is 15.1 Å². The first-order valence-corrected chi connectivity index (χ1v) is 10.1. The number of aromatic nitrogens is 3. The minimum absolute atomic E-state index is 0.303. The summed E-state index contributed by atoms with van der Waals surface area (Å²) in [5.41, 5.74) is 1.07. The number of benzene rings is 2. The number of hydrogen-bond acceptors (Lipinski definition) is 4. The summed E-state index contributed by atoms with van der Waals surface area (Å²) in [7, 11) is 0. The van der Waals surface area contributed by atoms with Crippen molar-refractivity contribution in [2.75, 3.05) is 0 Å². The highest BCUT2D eigenvalue weighted by molar-refractivity contribution is 7.98. The minimum atomic E-state index is 0.303. The highest BCUT2D eigenvalue weighted by atomic mass is 35.5. The van der Waals surface area contributed by atoms with Crippen LogP contribution >= 0.6 is 46.6 Å². The van der Waals surface area contributed by atoms with Gasteiger partial charge in [0.1, 0.15) is 12.4 Å². The lowest BCUT2D eigenvalue weighted by Crippen LogP contribution is -2.07. The summed E-state index contributed by atoms with van der Waals surface area (Å²) in [5.74, 6) is 2.11. The third-order valence-corrected chi connectivity index (χ3v) is 5.74. The number of halogens is 3. The smallest absolute Gasteiger partial charge is 0.191 e. The van der Waals surface area contributed by atoms with E-state index in [-0.39, 0.29) is 0 Å². The van der Waals surface area contributed by atoms with Gasteiger partial charge in [-0.1, -0.05) is 64.8 Å². The van der Waals surface area contributed by atoms with Crippen LogP contribution in [0.5, 0.6) is 5.75 Å². The van der Waals surface area contributed by atoms with Crippen LogP contribution in [0, 0.1) is 0 Å². The molecule has 0 unspecified atom stereocenters. The maximum absolute atomic E-state index is 6.12. The molecule has 3 rings (SSSR count). The van der Waals surface area contributed by atoms with Gasteiger partial charge in [0.25, 0.3) is 0 Å². The number of thioether (sulfide) groups is 1. The summed E-state index contributed by atoms with van der Waals surface area (Å²) in [4.78, 5) is 0. The second kappa shape index (κ2) is 9.00. The molecule has 0 saturated carbocycles. The van der Waals surface area contributed by atoms with Gasteiger partial charge in [0, 0.05) is 12.3 Å². The maximum Gasteiger partial charge on any atom is 0.191 e. The summed E-state index contributed by atoms with van der Waals surface area (Å²) < 4.78 is 7.80. The van der Waals surface area contributed by atoms with Crippen LogP contribution in [0.15, 0.2) is 47.6 Å². The first-order chi connectivity index (χ1) is 12.6. The third kappa shape index (κ3) is 4.65. The van der Waals surface area contributed by atoms with Crippen molar-refractivity contribution < 1.29 is 4.74 Å². The Hall–Kier alpha value is -1.40. The SMILES string of the molecule is CCn1c(COc2ccccc2Cl)nnc1SCc1ccc(Cl)c(Cl)c1. The molecule has 1 aromatic heterocycles. The molecule has 0 atom stereocenters. The maximum atomic E-state index is 6.12. The molecule has 0 saturated heterocycles. The fourth-order valence-electron chi connectivity index (χ4n) is 2.33. The van der Waals surface area contributed by atoms with Gasteiger partial charge in [0.15, 0.2) is 11.0 Å². The van der Waals surface area contributed by atoms with E-state index in [0.717, 1.165) is 28.8 Å². The Bertz CT molecular complexity index is 901. The van der Waals surface area contributed by atoms with Crippen LogP contribution in [0.2, 0.25) is 15.1 Å². The van der Waals surface area contributed by atoms with Crippen molar-refractivity contribution in [3.05, 3.63) is 68.9 Å². The summed E-state index contributed by atoms with van der Waals surface area (Å²) in [5, 5.41) is 11.0. The van der Waals surface area contributed by atoms with Gasteiger partial charge in [-0.15, -0.1) is 10.2 Å². The van der Waals surface area contributed by atoms with Crippen LogP contribution in [-0.4, -0.2) is 14.8 Å². The second-order valence-corrected chi connectivity index (χ2v) is 7.56. The van der Waals surface area contributed by atoms with E-state index in [1.807, 2.05) is 41.8 Å². The number of rotatable bonds is 7. The van der Waals surface area contributed by atoms with Crippen molar-refractivity contribution in [2.24, 2.45) is 0 Å². The van der Waals surface area contributed by atoms with E-state index in [1.165, 1.54) is 0 Å². The lowest BCUT2D eigenvalue weighted by molar-refractivity contribution is 0.288. The Labute approximate surface area is 171 Å². The molecule has 0 N–H and O–H groups in total. The number of ether oxygens (including phenoxy) is 1.